The van der Waals surface area contributed by atoms with Crippen molar-refractivity contribution in [3.63, 3.8) is 0 Å². The van der Waals surface area contributed by atoms with Crippen molar-refractivity contribution in [2.24, 2.45) is 0 Å². The molecule has 3 aromatic carbocycles. The van der Waals surface area contributed by atoms with Gasteiger partial charge in [0.1, 0.15) is 0 Å². The minimum absolute atomic E-state index is 0.0512. The fraction of sp³-hybridized carbons (Fsp3) is 0.0435. The van der Waals surface area contributed by atoms with E-state index in [4.69, 9.17) is 11.6 Å². The lowest BCUT2D eigenvalue weighted by Gasteiger charge is -2.11. The maximum Gasteiger partial charge on any atom is 0.257 e. The Morgan fingerprint density at radius 2 is 1.69 bits per heavy atom. The summed E-state index contributed by atoms with van der Waals surface area (Å²) in [7, 11) is -3.44. The predicted octanol–water partition coefficient (Wildman–Crippen LogP) is 5.46. The Morgan fingerprint density at radius 3 is 2.44 bits per heavy atom. The first kappa shape index (κ1) is 22.0. The van der Waals surface area contributed by atoms with Gasteiger partial charge in [-0.1, -0.05) is 35.9 Å². The number of thiophene rings is 1. The molecular weight excluding hydrogens is 468 g/mol. The highest BCUT2D eigenvalue weighted by molar-refractivity contribution is 7.90. The van der Waals surface area contributed by atoms with E-state index in [-0.39, 0.29) is 21.4 Å². The molecule has 32 heavy (non-hydrogen) atoms. The van der Waals surface area contributed by atoms with Gasteiger partial charge in [0.25, 0.3) is 11.8 Å². The van der Waals surface area contributed by atoms with Crippen LogP contribution < -0.4 is 10.6 Å². The number of rotatable bonds is 5. The lowest BCUT2D eigenvalue weighted by Crippen LogP contribution is -2.14. The lowest BCUT2D eigenvalue weighted by atomic mass is 10.1. The van der Waals surface area contributed by atoms with E-state index in [9.17, 15) is 18.0 Å². The van der Waals surface area contributed by atoms with Gasteiger partial charge in [0.2, 0.25) is 0 Å². The zero-order valence-corrected chi connectivity index (χ0v) is 19.1. The number of benzene rings is 3. The number of halogens is 1. The third-order valence-corrected chi connectivity index (χ3v) is 7.11. The Bertz CT molecular complexity index is 1460. The smallest absolute Gasteiger partial charge is 0.257 e. The van der Waals surface area contributed by atoms with Crippen molar-refractivity contribution in [3.05, 3.63) is 88.3 Å². The molecule has 0 aliphatic rings. The molecule has 0 spiro atoms. The quantitative estimate of drug-likeness (QED) is 0.393. The number of sulfone groups is 1. The van der Waals surface area contributed by atoms with Crippen molar-refractivity contribution < 1.29 is 18.0 Å². The maximum atomic E-state index is 12.7. The standard InChI is InChI=1S/C23H17ClN2O4S2/c1-32(29,30)16-6-4-5-14(11-16)22(27)26-20-10-9-15(12-19(20)24)25-23(28)18-13-31-21-8-3-2-7-17(18)21/h2-13H,1H3,(H,25,28)(H,26,27). The van der Waals surface area contributed by atoms with Crippen LogP contribution in [-0.2, 0) is 9.84 Å². The zero-order chi connectivity index (χ0) is 22.9. The van der Waals surface area contributed by atoms with E-state index in [1.807, 2.05) is 24.3 Å². The summed E-state index contributed by atoms with van der Waals surface area (Å²) in [6.07, 6.45) is 1.08. The molecule has 0 radical (unpaired) electrons. The van der Waals surface area contributed by atoms with Crippen molar-refractivity contribution in [1.82, 2.24) is 0 Å². The largest absolute Gasteiger partial charge is 0.322 e. The van der Waals surface area contributed by atoms with Gasteiger partial charge in [-0.15, -0.1) is 11.3 Å². The fourth-order valence-electron chi connectivity index (χ4n) is 3.11. The molecule has 162 valence electrons. The van der Waals surface area contributed by atoms with Crippen molar-refractivity contribution in [3.8, 4) is 0 Å². The molecule has 9 heteroatoms. The van der Waals surface area contributed by atoms with Gasteiger partial charge >= 0.3 is 0 Å². The van der Waals surface area contributed by atoms with E-state index >= 15 is 0 Å². The summed E-state index contributed by atoms with van der Waals surface area (Å²) in [5.41, 5.74) is 1.57. The van der Waals surface area contributed by atoms with Crippen molar-refractivity contribution in [2.75, 3.05) is 16.9 Å². The topological polar surface area (TPSA) is 92.3 Å². The average molecular weight is 485 g/mol. The van der Waals surface area contributed by atoms with E-state index in [2.05, 4.69) is 10.6 Å². The Morgan fingerprint density at radius 1 is 0.906 bits per heavy atom. The van der Waals surface area contributed by atoms with Crippen LogP contribution in [0.4, 0.5) is 11.4 Å². The van der Waals surface area contributed by atoms with Crippen LogP contribution in [-0.4, -0.2) is 26.5 Å². The van der Waals surface area contributed by atoms with Crippen LogP contribution in [0, 0.1) is 0 Å². The van der Waals surface area contributed by atoms with E-state index in [1.54, 1.807) is 17.5 Å². The summed E-state index contributed by atoms with van der Waals surface area (Å²) >= 11 is 7.80. The Labute approximate surface area is 193 Å². The minimum atomic E-state index is -3.44. The number of anilines is 2. The first-order valence-electron chi connectivity index (χ1n) is 9.41. The van der Waals surface area contributed by atoms with Crippen LogP contribution in [0.5, 0.6) is 0 Å². The first-order chi connectivity index (χ1) is 15.2. The molecule has 1 heterocycles. The third kappa shape index (κ3) is 4.67. The van der Waals surface area contributed by atoms with E-state index in [1.165, 1.54) is 41.7 Å². The molecule has 4 rings (SSSR count). The van der Waals surface area contributed by atoms with Gasteiger partial charge in [0.05, 0.1) is 21.2 Å². The predicted molar refractivity (Wildman–Crippen MR) is 129 cm³/mol. The summed E-state index contributed by atoms with van der Waals surface area (Å²) in [5.74, 6) is -0.758. The molecule has 1 aromatic heterocycles. The first-order valence-corrected chi connectivity index (χ1v) is 12.6. The molecule has 0 saturated carbocycles. The number of hydrogen-bond donors (Lipinski definition) is 2. The van der Waals surface area contributed by atoms with Crippen LogP contribution >= 0.6 is 22.9 Å². The van der Waals surface area contributed by atoms with Gasteiger partial charge in [-0.3, -0.25) is 9.59 Å². The molecular formula is C23H17ClN2O4S2. The SMILES string of the molecule is CS(=O)(=O)c1cccc(C(=O)Nc2ccc(NC(=O)c3csc4ccccc34)cc2Cl)c1. The molecule has 2 amide bonds. The van der Waals surface area contributed by atoms with Gasteiger partial charge in [0.15, 0.2) is 9.84 Å². The van der Waals surface area contributed by atoms with E-state index in [0.29, 0.717) is 16.9 Å². The number of carbonyl (C=O) groups excluding carboxylic acids is 2. The van der Waals surface area contributed by atoms with Crippen LogP contribution in [0.1, 0.15) is 20.7 Å². The number of fused-ring (bicyclic) bond motifs is 1. The van der Waals surface area contributed by atoms with Gasteiger partial charge in [-0.05, 0) is 42.5 Å². The fourth-order valence-corrected chi connectivity index (χ4v) is 4.94. The van der Waals surface area contributed by atoms with Crippen LogP contribution in [0.2, 0.25) is 5.02 Å². The monoisotopic (exact) mass is 484 g/mol. The molecule has 0 unspecified atom stereocenters. The average Bonchev–Trinajstić information content (AvgIpc) is 3.19. The van der Waals surface area contributed by atoms with Crippen LogP contribution in [0.3, 0.4) is 0 Å². The molecule has 4 aromatic rings. The molecule has 0 atom stereocenters. The van der Waals surface area contributed by atoms with Crippen LogP contribution in [0.15, 0.2) is 77.0 Å². The highest BCUT2D eigenvalue weighted by atomic mass is 35.5. The molecule has 0 aliphatic carbocycles. The van der Waals surface area contributed by atoms with Gasteiger partial charge in [0, 0.05) is 33.0 Å². The third-order valence-electron chi connectivity index (χ3n) is 4.73. The molecule has 0 saturated heterocycles. The minimum Gasteiger partial charge on any atom is -0.322 e. The molecule has 6 nitrogen and oxygen atoms in total. The van der Waals surface area contributed by atoms with Crippen molar-refractivity contribution in [2.45, 2.75) is 4.90 Å². The normalized spacial score (nSPS) is 11.3. The second-order valence-electron chi connectivity index (χ2n) is 7.05. The highest BCUT2D eigenvalue weighted by Gasteiger charge is 2.15. The number of carbonyl (C=O) groups is 2. The highest BCUT2D eigenvalue weighted by Crippen LogP contribution is 2.29. The zero-order valence-electron chi connectivity index (χ0n) is 16.8. The summed E-state index contributed by atoms with van der Waals surface area (Å²) in [5, 5.41) is 8.39. The Balaban J connectivity index is 1.50. The number of amides is 2. The summed E-state index contributed by atoms with van der Waals surface area (Å²) in [6, 6.07) is 18.1. The Hall–Kier alpha value is -3.20. The van der Waals surface area contributed by atoms with Crippen molar-refractivity contribution in [1.29, 1.82) is 0 Å². The van der Waals surface area contributed by atoms with E-state index in [0.717, 1.165) is 16.3 Å². The maximum absolute atomic E-state index is 12.7. The van der Waals surface area contributed by atoms with E-state index < -0.39 is 15.7 Å². The number of nitrogens with one attached hydrogen (secondary N) is 2. The Kier molecular flexibility index (Phi) is 6.01. The summed E-state index contributed by atoms with van der Waals surface area (Å²) in [6.45, 7) is 0. The van der Waals surface area contributed by atoms with Gasteiger partial charge in [-0.2, -0.15) is 0 Å². The van der Waals surface area contributed by atoms with Gasteiger partial charge in [-0.25, -0.2) is 8.42 Å². The number of hydrogen-bond acceptors (Lipinski definition) is 5. The summed E-state index contributed by atoms with van der Waals surface area (Å²) < 4.78 is 24.5. The second-order valence-corrected chi connectivity index (χ2v) is 10.4. The molecule has 0 fully saturated rings. The van der Waals surface area contributed by atoms with Gasteiger partial charge < -0.3 is 10.6 Å². The molecule has 2 N–H and O–H groups in total. The van der Waals surface area contributed by atoms with Crippen LogP contribution in [0.25, 0.3) is 10.1 Å². The molecule has 0 bridgehead atoms. The summed E-state index contributed by atoms with van der Waals surface area (Å²) in [4.78, 5) is 25.3. The lowest BCUT2D eigenvalue weighted by molar-refractivity contribution is 0.101. The second kappa shape index (κ2) is 8.74. The molecule has 0 aliphatic heterocycles. The van der Waals surface area contributed by atoms with Crippen molar-refractivity contribution >= 4 is 66.1 Å².